The first kappa shape index (κ1) is 23.8. The van der Waals surface area contributed by atoms with Crippen molar-refractivity contribution in [3.05, 3.63) is 83.9 Å². The summed E-state index contributed by atoms with van der Waals surface area (Å²) in [6, 6.07) is 21.6. The predicted molar refractivity (Wildman–Crippen MR) is 133 cm³/mol. The lowest BCUT2D eigenvalue weighted by Crippen LogP contribution is -2.40. The van der Waals surface area contributed by atoms with Gasteiger partial charge in [0, 0.05) is 17.8 Å². The average Bonchev–Trinajstić information content (AvgIpc) is 2.87. The van der Waals surface area contributed by atoms with Crippen LogP contribution in [0.5, 0.6) is 11.5 Å². The van der Waals surface area contributed by atoms with E-state index in [1.165, 1.54) is 0 Å². The summed E-state index contributed by atoms with van der Waals surface area (Å²) >= 11 is 0. The Hall–Kier alpha value is -4.33. The van der Waals surface area contributed by atoms with Crippen LogP contribution >= 0.6 is 0 Å². The topological polar surface area (TPSA) is 97.0 Å². The van der Waals surface area contributed by atoms with Gasteiger partial charge in [-0.2, -0.15) is 0 Å². The van der Waals surface area contributed by atoms with Crippen LogP contribution in [0.15, 0.2) is 72.8 Å². The molecule has 0 spiro atoms. The molecule has 3 aromatic carbocycles. The van der Waals surface area contributed by atoms with Crippen LogP contribution in [0, 0.1) is 6.92 Å². The number of ether oxygens (including phenoxy) is 2. The van der Waals surface area contributed by atoms with Gasteiger partial charge in [-0.3, -0.25) is 14.4 Å². The molecular formula is C27H27N3O5. The van der Waals surface area contributed by atoms with Gasteiger partial charge in [0.05, 0.1) is 18.8 Å². The summed E-state index contributed by atoms with van der Waals surface area (Å²) in [4.78, 5) is 38.7. The molecular weight excluding hydrogens is 446 g/mol. The smallest absolute Gasteiger partial charge is 0.265 e. The molecule has 0 saturated heterocycles. The van der Waals surface area contributed by atoms with Crippen LogP contribution in [0.3, 0.4) is 0 Å². The number of aryl methyl sites for hydroxylation is 1. The number of fused-ring (bicyclic) bond motifs is 1. The SMILES string of the molecule is Cc1cccc(OCCCN2C(=O)COc3ccc(NC(=O)CNC(=O)c4ccccc4)cc32)c1. The average molecular weight is 474 g/mol. The number of benzene rings is 3. The molecule has 0 fully saturated rings. The minimum absolute atomic E-state index is 0.0387. The van der Waals surface area contributed by atoms with E-state index in [-0.39, 0.29) is 30.9 Å². The number of carbonyl (C=O) groups is 3. The summed E-state index contributed by atoms with van der Waals surface area (Å²) < 4.78 is 11.3. The zero-order valence-corrected chi connectivity index (χ0v) is 19.5. The lowest BCUT2D eigenvalue weighted by atomic mass is 10.2. The Morgan fingerprint density at radius 3 is 2.66 bits per heavy atom. The lowest BCUT2D eigenvalue weighted by Gasteiger charge is -2.30. The van der Waals surface area contributed by atoms with E-state index in [4.69, 9.17) is 9.47 Å². The van der Waals surface area contributed by atoms with E-state index in [0.29, 0.717) is 42.3 Å². The molecule has 1 aliphatic heterocycles. The third-order valence-electron chi connectivity index (χ3n) is 5.42. The number of anilines is 2. The molecule has 0 bridgehead atoms. The number of carbonyl (C=O) groups excluding carboxylic acids is 3. The molecule has 1 heterocycles. The third-order valence-corrected chi connectivity index (χ3v) is 5.42. The molecule has 4 rings (SSSR count). The van der Waals surface area contributed by atoms with Gasteiger partial charge in [-0.15, -0.1) is 0 Å². The molecule has 8 heteroatoms. The molecule has 0 aliphatic carbocycles. The van der Waals surface area contributed by atoms with Crippen molar-refractivity contribution in [1.82, 2.24) is 5.32 Å². The van der Waals surface area contributed by atoms with Crippen LogP contribution in [0.2, 0.25) is 0 Å². The van der Waals surface area contributed by atoms with Gasteiger partial charge in [0.25, 0.3) is 11.8 Å². The highest BCUT2D eigenvalue weighted by Gasteiger charge is 2.25. The maximum atomic E-state index is 12.5. The molecule has 1 aliphatic rings. The Balaban J connectivity index is 1.33. The summed E-state index contributed by atoms with van der Waals surface area (Å²) in [5.41, 5.74) is 2.69. The molecule has 180 valence electrons. The third kappa shape index (κ3) is 6.38. The Morgan fingerprint density at radius 1 is 1.03 bits per heavy atom. The Labute approximate surface area is 203 Å². The highest BCUT2D eigenvalue weighted by molar-refractivity contribution is 6.01. The van der Waals surface area contributed by atoms with Crippen LogP contribution in [0.4, 0.5) is 11.4 Å². The number of hydrogen-bond donors (Lipinski definition) is 2. The fraction of sp³-hybridized carbons (Fsp3) is 0.222. The highest BCUT2D eigenvalue weighted by Crippen LogP contribution is 2.34. The fourth-order valence-electron chi connectivity index (χ4n) is 3.70. The Kier molecular flexibility index (Phi) is 7.62. The zero-order chi connectivity index (χ0) is 24.6. The van der Waals surface area contributed by atoms with Gasteiger partial charge in [-0.1, -0.05) is 30.3 Å². The van der Waals surface area contributed by atoms with Crippen LogP contribution < -0.4 is 25.0 Å². The minimum Gasteiger partial charge on any atom is -0.494 e. The normalized spacial score (nSPS) is 12.4. The van der Waals surface area contributed by atoms with Crippen LogP contribution in [0.25, 0.3) is 0 Å². The summed E-state index contributed by atoms with van der Waals surface area (Å²) in [6.45, 7) is 2.69. The van der Waals surface area contributed by atoms with Gasteiger partial charge in [-0.05, 0) is 61.4 Å². The highest BCUT2D eigenvalue weighted by atomic mass is 16.5. The van der Waals surface area contributed by atoms with Crippen LogP contribution in [0.1, 0.15) is 22.3 Å². The molecule has 35 heavy (non-hydrogen) atoms. The molecule has 0 radical (unpaired) electrons. The second kappa shape index (κ2) is 11.2. The molecule has 8 nitrogen and oxygen atoms in total. The van der Waals surface area contributed by atoms with Gasteiger partial charge in [0.15, 0.2) is 6.61 Å². The maximum Gasteiger partial charge on any atom is 0.265 e. The van der Waals surface area contributed by atoms with E-state index >= 15 is 0 Å². The largest absolute Gasteiger partial charge is 0.494 e. The molecule has 3 amide bonds. The van der Waals surface area contributed by atoms with Crippen molar-refractivity contribution in [1.29, 1.82) is 0 Å². The number of rotatable bonds is 9. The van der Waals surface area contributed by atoms with Crippen molar-refractivity contribution in [2.75, 3.05) is 36.5 Å². The van der Waals surface area contributed by atoms with E-state index in [2.05, 4.69) is 10.6 Å². The van der Waals surface area contributed by atoms with Crippen molar-refractivity contribution in [3.63, 3.8) is 0 Å². The molecule has 0 atom stereocenters. The molecule has 2 N–H and O–H groups in total. The summed E-state index contributed by atoms with van der Waals surface area (Å²) in [7, 11) is 0. The van der Waals surface area contributed by atoms with E-state index in [1.54, 1.807) is 47.4 Å². The number of nitrogens with zero attached hydrogens (tertiary/aromatic N) is 1. The number of hydrogen-bond acceptors (Lipinski definition) is 5. The summed E-state index contributed by atoms with van der Waals surface area (Å²) in [5.74, 6) is 0.494. The molecule has 0 saturated carbocycles. The van der Waals surface area contributed by atoms with E-state index < -0.39 is 0 Å². The molecule has 0 unspecified atom stereocenters. The van der Waals surface area contributed by atoms with Crippen LogP contribution in [-0.4, -0.2) is 44.0 Å². The van der Waals surface area contributed by atoms with Crippen molar-refractivity contribution < 1.29 is 23.9 Å². The van der Waals surface area contributed by atoms with Gasteiger partial charge in [0.2, 0.25) is 5.91 Å². The lowest BCUT2D eigenvalue weighted by molar-refractivity contribution is -0.121. The Morgan fingerprint density at radius 2 is 1.86 bits per heavy atom. The minimum atomic E-state index is -0.379. The van der Waals surface area contributed by atoms with Gasteiger partial charge in [-0.25, -0.2) is 0 Å². The second-order valence-electron chi connectivity index (χ2n) is 8.13. The van der Waals surface area contributed by atoms with E-state index in [0.717, 1.165) is 11.3 Å². The number of amides is 3. The molecule has 3 aromatic rings. The maximum absolute atomic E-state index is 12.5. The monoisotopic (exact) mass is 473 g/mol. The Bertz CT molecular complexity index is 1210. The number of nitrogens with one attached hydrogen (secondary N) is 2. The van der Waals surface area contributed by atoms with Crippen molar-refractivity contribution in [2.24, 2.45) is 0 Å². The van der Waals surface area contributed by atoms with Gasteiger partial charge < -0.3 is 25.0 Å². The fourth-order valence-corrected chi connectivity index (χ4v) is 3.70. The molecule has 0 aromatic heterocycles. The van der Waals surface area contributed by atoms with Crippen molar-refractivity contribution in [2.45, 2.75) is 13.3 Å². The first-order chi connectivity index (χ1) is 17.0. The van der Waals surface area contributed by atoms with Crippen molar-refractivity contribution in [3.8, 4) is 11.5 Å². The standard InChI is InChI=1S/C27H27N3O5/c1-19-7-5-10-22(15-19)34-14-6-13-30-23-16-21(11-12-24(23)35-18-26(30)32)29-25(31)17-28-27(33)20-8-3-2-4-9-20/h2-5,7-12,15-16H,6,13-14,17-18H2,1H3,(H,28,33)(H,29,31). The first-order valence-corrected chi connectivity index (χ1v) is 11.4. The quantitative estimate of drug-likeness (QED) is 0.463. The van der Waals surface area contributed by atoms with Gasteiger partial charge >= 0.3 is 0 Å². The predicted octanol–water partition coefficient (Wildman–Crippen LogP) is 3.56. The van der Waals surface area contributed by atoms with E-state index in [1.807, 2.05) is 37.3 Å². The van der Waals surface area contributed by atoms with Gasteiger partial charge in [0.1, 0.15) is 11.5 Å². The summed E-state index contributed by atoms with van der Waals surface area (Å²) in [5, 5.41) is 5.35. The van der Waals surface area contributed by atoms with Crippen molar-refractivity contribution >= 4 is 29.1 Å². The summed E-state index contributed by atoms with van der Waals surface area (Å²) in [6.07, 6.45) is 0.626. The van der Waals surface area contributed by atoms with Crippen LogP contribution in [-0.2, 0) is 9.59 Å². The zero-order valence-electron chi connectivity index (χ0n) is 19.5. The first-order valence-electron chi connectivity index (χ1n) is 11.4. The second-order valence-corrected chi connectivity index (χ2v) is 8.13. The van der Waals surface area contributed by atoms with E-state index in [9.17, 15) is 14.4 Å².